The second-order valence-electron chi connectivity index (χ2n) is 3.89. The van der Waals surface area contributed by atoms with E-state index in [1.165, 1.54) is 0 Å². The van der Waals surface area contributed by atoms with Crippen LogP contribution in [0, 0.1) is 19.1 Å². The molecule has 0 unspecified atom stereocenters. The van der Waals surface area contributed by atoms with Crippen LogP contribution in [0.2, 0.25) is 0 Å². The molecule has 0 bridgehead atoms. The van der Waals surface area contributed by atoms with Crippen molar-refractivity contribution in [2.45, 2.75) is 41.0 Å². The maximum absolute atomic E-state index is 10.7. The molecule has 0 saturated carbocycles. The Bertz CT molecular complexity index is 542. The third-order valence-corrected chi connectivity index (χ3v) is 2.58. The first-order valence-electron chi connectivity index (χ1n) is 7.37. The van der Waals surface area contributed by atoms with Gasteiger partial charge in [0.05, 0.1) is 0 Å². The first kappa shape index (κ1) is 27.5. The van der Waals surface area contributed by atoms with Crippen molar-refractivity contribution in [2.24, 2.45) is 0 Å². The average Bonchev–Trinajstić information content (AvgIpc) is 2.54. The van der Waals surface area contributed by atoms with E-state index in [4.69, 9.17) is 5.11 Å². The molecule has 2 rings (SSSR count). The van der Waals surface area contributed by atoms with Crippen LogP contribution < -0.4 is 0 Å². The van der Waals surface area contributed by atoms with Gasteiger partial charge in [-0.25, -0.2) is 17.2 Å². The van der Waals surface area contributed by atoms with E-state index in [0.717, 1.165) is 22.3 Å². The van der Waals surface area contributed by atoms with Crippen LogP contribution in [0.4, 0.5) is 0 Å². The molecule has 23 heavy (non-hydrogen) atoms. The molecule has 2 aromatic rings. The third kappa shape index (κ3) is 10.2. The van der Waals surface area contributed by atoms with Gasteiger partial charge in [0, 0.05) is 60.2 Å². The second-order valence-corrected chi connectivity index (χ2v) is 3.89. The van der Waals surface area contributed by atoms with Crippen LogP contribution >= 0.6 is 0 Å². The summed E-state index contributed by atoms with van der Waals surface area (Å²) >= 11 is 0. The SMILES string of the molecule is CC.CC.Cc1c[c-]c(-c2ccccc2)[c-]c1CC(=O)O.[W].[Y]. The van der Waals surface area contributed by atoms with Crippen molar-refractivity contribution < 1.29 is 63.7 Å². The van der Waals surface area contributed by atoms with Crippen molar-refractivity contribution in [3.8, 4) is 11.1 Å². The molecule has 123 valence electrons. The van der Waals surface area contributed by atoms with Gasteiger partial charge in [0.25, 0.3) is 0 Å². The summed E-state index contributed by atoms with van der Waals surface area (Å²) < 4.78 is 0. The number of carboxylic acid groups (broad SMARTS) is 1. The van der Waals surface area contributed by atoms with Crippen LogP contribution in [0.3, 0.4) is 0 Å². The molecule has 2 nitrogen and oxygen atoms in total. The van der Waals surface area contributed by atoms with Gasteiger partial charge in [0.15, 0.2) is 0 Å². The Kier molecular flexibility index (Phi) is 19.8. The number of hydrogen-bond acceptors (Lipinski definition) is 1. The normalized spacial score (nSPS) is 8.04. The molecule has 0 fully saturated rings. The van der Waals surface area contributed by atoms with Crippen molar-refractivity contribution in [3.63, 3.8) is 0 Å². The zero-order valence-electron chi connectivity index (χ0n) is 14.5. The number of benzene rings is 2. The van der Waals surface area contributed by atoms with Crippen LogP contribution in [0.1, 0.15) is 38.8 Å². The number of aryl methyl sites for hydroxylation is 1. The number of aliphatic carboxylic acids is 1. The molecule has 1 N–H and O–H groups in total. The Hall–Kier alpha value is -0.298. The fourth-order valence-corrected chi connectivity index (χ4v) is 1.65. The maximum atomic E-state index is 10.7. The van der Waals surface area contributed by atoms with Crippen molar-refractivity contribution in [1.82, 2.24) is 0 Å². The Labute approximate surface area is 180 Å². The van der Waals surface area contributed by atoms with Crippen LogP contribution in [-0.4, -0.2) is 11.1 Å². The molecule has 4 heteroatoms. The van der Waals surface area contributed by atoms with Crippen LogP contribution in [-0.2, 0) is 65.0 Å². The van der Waals surface area contributed by atoms with Gasteiger partial charge in [-0.2, -0.15) is 5.56 Å². The van der Waals surface area contributed by atoms with E-state index in [1.807, 2.05) is 71.0 Å². The maximum Gasteiger partial charge on any atom is 0.304 e. The molecule has 1 radical (unpaired) electrons. The molecular weight excluding hydrogens is 533 g/mol. The molecule has 0 amide bonds. The fourth-order valence-electron chi connectivity index (χ4n) is 1.65. The van der Waals surface area contributed by atoms with Crippen molar-refractivity contribution in [1.29, 1.82) is 0 Å². The quantitative estimate of drug-likeness (QED) is 0.544. The van der Waals surface area contributed by atoms with Gasteiger partial charge in [0.1, 0.15) is 0 Å². The van der Waals surface area contributed by atoms with Gasteiger partial charge in [-0.05, 0) is 0 Å². The van der Waals surface area contributed by atoms with Gasteiger partial charge in [-0.1, -0.05) is 45.9 Å². The summed E-state index contributed by atoms with van der Waals surface area (Å²) in [6.45, 7) is 9.88. The monoisotopic (exact) mass is 557 g/mol. The van der Waals surface area contributed by atoms with Crippen LogP contribution in [0.15, 0.2) is 36.4 Å². The van der Waals surface area contributed by atoms with E-state index in [1.54, 1.807) is 0 Å². The first-order chi connectivity index (χ1) is 10.2. The zero-order chi connectivity index (χ0) is 16.3. The molecular formula is C19H24O2WY-2. The van der Waals surface area contributed by atoms with Gasteiger partial charge < -0.3 is 5.11 Å². The van der Waals surface area contributed by atoms with Crippen molar-refractivity contribution in [2.75, 3.05) is 0 Å². The first-order valence-corrected chi connectivity index (χ1v) is 7.37. The third-order valence-electron chi connectivity index (χ3n) is 2.58. The van der Waals surface area contributed by atoms with E-state index < -0.39 is 5.97 Å². The summed E-state index contributed by atoms with van der Waals surface area (Å²) in [6, 6.07) is 17.8. The summed E-state index contributed by atoms with van der Waals surface area (Å²) in [5, 5.41) is 8.82. The Morgan fingerprint density at radius 1 is 1.09 bits per heavy atom. The molecule has 0 atom stereocenters. The largest absolute Gasteiger partial charge is 0.481 e. The Morgan fingerprint density at radius 2 is 1.61 bits per heavy atom. The van der Waals surface area contributed by atoms with E-state index in [2.05, 4.69) is 12.1 Å². The second kappa shape index (κ2) is 16.6. The number of rotatable bonds is 3. The van der Waals surface area contributed by atoms with E-state index in [9.17, 15) is 4.79 Å². The number of carboxylic acids is 1. The van der Waals surface area contributed by atoms with Gasteiger partial charge >= 0.3 is 5.97 Å². The zero-order valence-corrected chi connectivity index (χ0v) is 20.3. The Balaban J connectivity index is -0.000000619. The van der Waals surface area contributed by atoms with Gasteiger partial charge in [0.2, 0.25) is 0 Å². The Morgan fingerprint density at radius 3 is 2.09 bits per heavy atom. The molecule has 2 aromatic carbocycles. The van der Waals surface area contributed by atoms with E-state index in [0.29, 0.717) is 0 Å². The predicted octanol–water partition coefficient (Wildman–Crippen LogP) is 4.94. The molecule has 0 aliphatic rings. The van der Waals surface area contributed by atoms with Crippen LogP contribution in [0.25, 0.3) is 11.1 Å². The molecule has 0 spiro atoms. The summed E-state index contributed by atoms with van der Waals surface area (Å²) in [6.07, 6.45) is 0.000344. The van der Waals surface area contributed by atoms with Crippen LogP contribution in [0.5, 0.6) is 0 Å². The molecule has 0 heterocycles. The van der Waals surface area contributed by atoms with E-state index in [-0.39, 0.29) is 60.2 Å². The van der Waals surface area contributed by atoms with Gasteiger partial charge in [-0.3, -0.25) is 22.5 Å². The predicted molar refractivity (Wildman–Crippen MR) is 88.3 cm³/mol. The molecule has 0 saturated heterocycles. The molecule has 0 aromatic heterocycles. The minimum atomic E-state index is -0.838. The van der Waals surface area contributed by atoms with Crippen molar-refractivity contribution >= 4 is 5.97 Å². The van der Waals surface area contributed by atoms with E-state index >= 15 is 0 Å². The minimum absolute atomic E-state index is 0. The summed E-state index contributed by atoms with van der Waals surface area (Å²) in [5.41, 5.74) is 3.44. The number of carbonyl (C=O) groups is 1. The average molecular weight is 557 g/mol. The number of hydrogen-bond donors (Lipinski definition) is 1. The summed E-state index contributed by atoms with van der Waals surface area (Å²) in [4.78, 5) is 10.7. The molecule has 0 aliphatic carbocycles. The summed E-state index contributed by atoms with van der Waals surface area (Å²) in [5.74, 6) is -0.838. The van der Waals surface area contributed by atoms with Crippen molar-refractivity contribution in [3.05, 3.63) is 59.7 Å². The molecule has 0 aliphatic heterocycles. The fraction of sp³-hybridized carbons (Fsp3) is 0.316. The minimum Gasteiger partial charge on any atom is -0.481 e. The standard InChI is InChI=1S/C15H12O2.2C2H6.W.Y/c1-11-7-8-13(9-14(11)10-15(16)17)12-5-3-2-4-6-12;2*1-2;;/h2-7H,10H2,1H3,(H,16,17);2*1-2H3;;/q-2;;;;. The smallest absolute Gasteiger partial charge is 0.304 e. The summed E-state index contributed by atoms with van der Waals surface area (Å²) in [7, 11) is 0. The van der Waals surface area contributed by atoms with Gasteiger partial charge in [-0.15, -0.1) is 19.1 Å². The topological polar surface area (TPSA) is 37.3 Å².